The molecule has 0 aliphatic carbocycles. The van der Waals surface area contributed by atoms with E-state index in [4.69, 9.17) is 9.47 Å². The quantitative estimate of drug-likeness (QED) is 0.594. The van der Waals surface area contributed by atoms with Crippen LogP contribution in [0.1, 0.15) is 31.9 Å². The van der Waals surface area contributed by atoms with E-state index < -0.39 is 0 Å². The van der Waals surface area contributed by atoms with Crippen LogP contribution >= 0.6 is 0 Å². The van der Waals surface area contributed by atoms with Crippen LogP contribution in [0.5, 0.6) is 0 Å². The van der Waals surface area contributed by atoms with E-state index in [9.17, 15) is 0 Å². The number of rotatable bonds is 9. The fraction of sp³-hybridized carbons (Fsp3) is 0.391. The summed E-state index contributed by atoms with van der Waals surface area (Å²) < 4.78 is 12.1. The van der Waals surface area contributed by atoms with E-state index in [1.807, 2.05) is 43.3 Å². The molecule has 0 bridgehead atoms. The van der Waals surface area contributed by atoms with Gasteiger partial charge in [0.15, 0.2) is 0 Å². The van der Waals surface area contributed by atoms with Crippen LogP contribution in [0.2, 0.25) is 0 Å². The molecule has 25 heavy (non-hydrogen) atoms. The second-order valence-electron chi connectivity index (χ2n) is 6.42. The van der Waals surface area contributed by atoms with Gasteiger partial charge in [-0.25, -0.2) is 0 Å². The molecule has 0 radical (unpaired) electrons. The van der Waals surface area contributed by atoms with Crippen LogP contribution in [0, 0.1) is 23.7 Å². The Labute approximate surface area is 152 Å². The number of hydrogen-bond acceptors (Lipinski definition) is 2. The van der Waals surface area contributed by atoms with Gasteiger partial charge in [-0.2, -0.15) is 0 Å². The van der Waals surface area contributed by atoms with Crippen LogP contribution in [0.15, 0.2) is 60.7 Å². The largest absolute Gasteiger partial charge is 0.376 e. The highest BCUT2D eigenvalue weighted by Crippen LogP contribution is 2.20. The first-order chi connectivity index (χ1) is 12.2. The lowest BCUT2D eigenvalue weighted by molar-refractivity contribution is -0.0437. The number of ether oxygens (including phenoxy) is 2. The van der Waals surface area contributed by atoms with Crippen molar-refractivity contribution in [2.45, 2.75) is 40.1 Å². The Morgan fingerprint density at radius 1 is 0.840 bits per heavy atom. The highest BCUT2D eigenvalue weighted by Gasteiger charge is 2.23. The Bertz CT molecular complexity index is 655. The lowest BCUT2D eigenvalue weighted by Gasteiger charge is -2.27. The Morgan fingerprint density at radius 2 is 1.40 bits per heavy atom. The SMILES string of the molecule is CC#C[C@@H](C)[C@H](OCc1ccccc1)[C@H](C)COCc1ccccc1. The van der Waals surface area contributed by atoms with E-state index in [-0.39, 0.29) is 17.9 Å². The standard InChI is InChI=1S/C23H28O2/c1-4-11-19(2)23(25-18-22-14-9-6-10-15-22)20(3)16-24-17-21-12-7-5-8-13-21/h5-10,12-15,19-20,23H,16-18H2,1-3H3/t19-,20-,23+/m1/s1. The smallest absolute Gasteiger partial charge is 0.0761 e. The van der Waals surface area contributed by atoms with Crippen molar-refractivity contribution >= 4 is 0 Å². The molecule has 0 aliphatic rings. The van der Waals surface area contributed by atoms with E-state index in [0.29, 0.717) is 19.8 Å². The molecule has 132 valence electrons. The van der Waals surface area contributed by atoms with Gasteiger partial charge in [0.25, 0.3) is 0 Å². The van der Waals surface area contributed by atoms with E-state index >= 15 is 0 Å². The zero-order valence-corrected chi connectivity index (χ0v) is 15.4. The fourth-order valence-electron chi connectivity index (χ4n) is 2.91. The molecular weight excluding hydrogens is 308 g/mol. The lowest BCUT2D eigenvalue weighted by Crippen LogP contribution is -2.31. The molecular formula is C23H28O2. The van der Waals surface area contributed by atoms with Gasteiger partial charge in [-0.05, 0) is 25.0 Å². The van der Waals surface area contributed by atoms with Gasteiger partial charge in [-0.1, -0.05) is 73.5 Å². The average Bonchev–Trinajstić information content (AvgIpc) is 2.64. The molecule has 2 nitrogen and oxygen atoms in total. The molecule has 0 unspecified atom stereocenters. The fourth-order valence-corrected chi connectivity index (χ4v) is 2.91. The summed E-state index contributed by atoms with van der Waals surface area (Å²) in [6.07, 6.45) is 0.0448. The van der Waals surface area contributed by atoms with Crippen molar-refractivity contribution < 1.29 is 9.47 Å². The predicted molar refractivity (Wildman–Crippen MR) is 103 cm³/mol. The molecule has 0 aliphatic heterocycles. The Kier molecular flexibility index (Phi) is 8.25. The maximum atomic E-state index is 6.22. The van der Waals surface area contributed by atoms with Crippen LogP contribution in [0.25, 0.3) is 0 Å². The van der Waals surface area contributed by atoms with Gasteiger partial charge in [0.1, 0.15) is 0 Å². The van der Waals surface area contributed by atoms with E-state index in [1.165, 1.54) is 11.1 Å². The molecule has 0 spiro atoms. The van der Waals surface area contributed by atoms with Crippen molar-refractivity contribution in [3.05, 3.63) is 71.8 Å². The van der Waals surface area contributed by atoms with Crippen molar-refractivity contribution in [3.8, 4) is 11.8 Å². The molecule has 0 amide bonds. The minimum atomic E-state index is 0.0448. The summed E-state index contributed by atoms with van der Waals surface area (Å²) in [4.78, 5) is 0. The van der Waals surface area contributed by atoms with E-state index in [0.717, 1.165) is 0 Å². The molecule has 2 aromatic carbocycles. The molecule has 0 aromatic heterocycles. The van der Waals surface area contributed by atoms with Crippen LogP contribution in [0.3, 0.4) is 0 Å². The molecule has 2 heteroatoms. The second-order valence-corrected chi connectivity index (χ2v) is 6.42. The van der Waals surface area contributed by atoms with Crippen LogP contribution < -0.4 is 0 Å². The third-order valence-electron chi connectivity index (χ3n) is 4.20. The summed E-state index contributed by atoms with van der Waals surface area (Å²) in [7, 11) is 0. The molecule has 2 aromatic rings. The number of benzene rings is 2. The molecule has 3 atom stereocenters. The molecule has 2 rings (SSSR count). The monoisotopic (exact) mass is 336 g/mol. The molecule has 0 heterocycles. The zero-order chi connectivity index (χ0) is 17.9. The second kappa shape index (κ2) is 10.7. The van der Waals surface area contributed by atoms with Crippen molar-refractivity contribution in [1.29, 1.82) is 0 Å². The molecule has 0 N–H and O–H groups in total. The zero-order valence-electron chi connectivity index (χ0n) is 15.4. The van der Waals surface area contributed by atoms with E-state index in [1.54, 1.807) is 0 Å². The van der Waals surface area contributed by atoms with Gasteiger partial charge < -0.3 is 9.47 Å². The normalized spacial score (nSPS) is 14.2. The van der Waals surface area contributed by atoms with Crippen molar-refractivity contribution in [1.82, 2.24) is 0 Å². The van der Waals surface area contributed by atoms with Gasteiger partial charge in [0, 0.05) is 11.8 Å². The van der Waals surface area contributed by atoms with Gasteiger partial charge in [0.05, 0.1) is 25.9 Å². The maximum Gasteiger partial charge on any atom is 0.0761 e. The van der Waals surface area contributed by atoms with Crippen LogP contribution in [-0.4, -0.2) is 12.7 Å². The van der Waals surface area contributed by atoms with Gasteiger partial charge in [0.2, 0.25) is 0 Å². The summed E-state index contributed by atoms with van der Waals surface area (Å²) in [5.41, 5.74) is 2.37. The minimum Gasteiger partial charge on any atom is -0.376 e. The summed E-state index contributed by atoms with van der Waals surface area (Å²) in [6.45, 7) is 8.06. The Hall–Kier alpha value is -2.08. The summed E-state index contributed by atoms with van der Waals surface area (Å²) >= 11 is 0. The summed E-state index contributed by atoms with van der Waals surface area (Å²) in [6, 6.07) is 20.5. The lowest BCUT2D eigenvalue weighted by atomic mass is 9.94. The third-order valence-corrected chi connectivity index (χ3v) is 4.20. The first-order valence-electron chi connectivity index (χ1n) is 8.90. The first-order valence-corrected chi connectivity index (χ1v) is 8.90. The summed E-state index contributed by atoms with van der Waals surface area (Å²) in [5, 5.41) is 0. The highest BCUT2D eigenvalue weighted by atomic mass is 16.5. The van der Waals surface area contributed by atoms with Crippen molar-refractivity contribution in [2.75, 3.05) is 6.61 Å². The maximum absolute atomic E-state index is 6.22. The predicted octanol–water partition coefficient (Wildman–Crippen LogP) is 5.08. The number of hydrogen-bond donors (Lipinski definition) is 0. The van der Waals surface area contributed by atoms with Gasteiger partial charge >= 0.3 is 0 Å². The Balaban J connectivity index is 1.90. The molecule has 0 saturated heterocycles. The summed E-state index contributed by atoms with van der Waals surface area (Å²) in [5.74, 6) is 6.69. The highest BCUT2D eigenvalue weighted by molar-refractivity contribution is 5.14. The van der Waals surface area contributed by atoms with Crippen LogP contribution in [0.4, 0.5) is 0 Å². The molecule has 0 fully saturated rings. The third kappa shape index (κ3) is 6.74. The van der Waals surface area contributed by atoms with Crippen molar-refractivity contribution in [3.63, 3.8) is 0 Å². The van der Waals surface area contributed by atoms with E-state index in [2.05, 4.69) is 50.0 Å². The first kappa shape index (κ1) is 19.2. The minimum absolute atomic E-state index is 0.0448. The molecule has 0 saturated carbocycles. The van der Waals surface area contributed by atoms with Crippen LogP contribution in [-0.2, 0) is 22.7 Å². The van der Waals surface area contributed by atoms with Crippen molar-refractivity contribution in [2.24, 2.45) is 11.8 Å². The van der Waals surface area contributed by atoms with Gasteiger partial charge in [-0.3, -0.25) is 0 Å². The Morgan fingerprint density at radius 3 is 1.96 bits per heavy atom. The van der Waals surface area contributed by atoms with Gasteiger partial charge in [-0.15, -0.1) is 5.92 Å². The average molecular weight is 336 g/mol. The topological polar surface area (TPSA) is 18.5 Å².